The van der Waals surface area contributed by atoms with E-state index in [1.165, 1.54) is 31.4 Å². The van der Waals surface area contributed by atoms with Gasteiger partial charge in [0.25, 0.3) is 15.9 Å². The molecule has 5 rings (SSSR count). The Morgan fingerprint density at radius 3 is 2.27 bits per heavy atom. The van der Waals surface area contributed by atoms with Crippen molar-refractivity contribution in [3.63, 3.8) is 0 Å². The van der Waals surface area contributed by atoms with Crippen molar-refractivity contribution in [1.29, 1.82) is 0 Å². The summed E-state index contributed by atoms with van der Waals surface area (Å²) >= 11 is 0. The summed E-state index contributed by atoms with van der Waals surface area (Å²) in [7, 11) is 0.264. The summed E-state index contributed by atoms with van der Waals surface area (Å²) in [4.78, 5) is 13.9. The van der Waals surface area contributed by atoms with Crippen LogP contribution in [0, 0.1) is 11.6 Å². The molecule has 13 heteroatoms. The highest BCUT2D eigenvalue weighted by Crippen LogP contribution is 2.45. The van der Waals surface area contributed by atoms with E-state index in [4.69, 9.17) is 9.47 Å². The maximum absolute atomic E-state index is 15.2. The summed E-state index contributed by atoms with van der Waals surface area (Å²) in [6.45, 7) is 0. The lowest BCUT2D eigenvalue weighted by Crippen LogP contribution is -2.46. The lowest BCUT2D eigenvalue weighted by molar-refractivity contribution is -0.137. The molecule has 0 bridgehead atoms. The van der Waals surface area contributed by atoms with Crippen LogP contribution in [0.15, 0.2) is 59.5 Å². The van der Waals surface area contributed by atoms with Gasteiger partial charge in [-0.3, -0.25) is 4.79 Å². The van der Waals surface area contributed by atoms with Crippen molar-refractivity contribution in [2.45, 2.75) is 67.2 Å². The number of carbonyl (C=O) groups excluding carboxylic acids is 1. The highest BCUT2D eigenvalue weighted by molar-refractivity contribution is 7.90. The summed E-state index contributed by atoms with van der Waals surface area (Å²) in [6.07, 6.45) is -1.78. The van der Waals surface area contributed by atoms with E-state index in [9.17, 15) is 30.8 Å². The molecule has 242 valence electrons. The Morgan fingerprint density at radius 2 is 1.64 bits per heavy atom. The molecule has 2 fully saturated rings. The molecule has 2 saturated carbocycles. The number of hydrogen-bond donors (Lipinski definition) is 1. The van der Waals surface area contributed by atoms with Crippen molar-refractivity contribution >= 4 is 15.9 Å². The molecule has 3 aromatic rings. The van der Waals surface area contributed by atoms with Crippen LogP contribution in [0.3, 0.4) is 0 Å². The van der Waals surface area contributed by atoms with Crippen molar-refractivity contribution < 1.29 is 44.6 Å². The fourth-order valence-corrected chi connectivity index (χ4v) is 6.91. The van der Waals surface area contributed by atoms with Crippen molar-refractivity contribution in [2.24, 2.45) is 0 Å². The quantitative estimate of drug-likeness (QED) is 0.261. The molecule has 0 aliphatic heterocycles. The Bertz CT molecular complexity index is 1690. The van der Waals surface area contributed by atoms with Crippen molar-refractivity contribution in [3.05, 3.63) is 88.5 Å². The fourth-order valence-electron chi connectivity index (χ4n) is 5.89. The van der Waals surface area contributed by atoms with Gasteiger partial charge in [-0.05, 0) is 93.4 Å². The smallest absolute Gasteiger partial charge is 0.416 e. The number of methoxy groups -OCH3 is 1. The molecule has 2 aliphatic carbocycles. The molecule has 3 atom stereocenters. The summed E-state index contributed by atoms with van der Waals surface area (Å²) in [5.41, 5.74) is -0.0409. The van der Waals surface area contributed by atoms with Gasteiger partial charge in [-0.15, -0.1) is 0 Å². The number of amides is 1. The molecule has 0 heterocycles. The van der Waals surface area contributed by atoms with Gasteiger partial charge in [0, 0.05) is 18.2 Å². The Morgan fingerprint density at radius 1 is 0.933 bits per heavy atom. The van der Waals surface area contributed by atoms with Gasteiger partial charge >= 0.3 is 6.18 Å². The SMILES string of the molecule is COc1cc(F)c(C(=O)NS(=O)(=O)c2ccc(O[C@H]3CC[C@H](c4cccc(C(F)(F)F)c4)C[C@@H]3N(C)C)cc2F)cc1C1CC1. The van der Waals surface area contributed by atoms with Crippen LogP contribution < -0.4 is 14.2 Å². The van der Waals surface area contributed by atoms with Gasteiger partial charge in [-0.25, -0.2) is 21.9 Å². The Labute approximate surface area is 258 Å². The largest absolute Gasteiger partial charge is 0.496 e. The van der Waals surface area contributed by atoms with E-state index in [0.29, 0.717) is 30.4 Å². The first kappa shape index (κ1) is 32.7. The molecule has 0 aromatic heterocycles. The Hall–Kier alpha value is -3.71. The summed E-state index contributed by atoms with van der Waals surface area (Å²) in [5, 5.41) is 0. The number of likely N-dealkylation sites (N-methyl/N-ethyl adjacent to an activating group) is 1. The number of carbonyl (C=O) groups is 1. The second kappa shape index (κ2) is 12.6. The standard InChI is InChI=1S/C32H33F5N2O5S/c1-39(2)27-14-20(19-5-4-6-21(13-19)32(35,36)37)9-11-28(27)44-22-10-12-30(26(34)15-22)45(41,42)38-31(40)24-16-23(18-7-8-18)29(43-3)17-25(24)33/h4-6,10,12-13,15-18,20,27-28H,7-9,11,14H2,1-3H3,(H,38,40)/t20-,27-,28-/m0/s1. The van der Waals surface area contributed by atoms with Crippen LogP contribution in [0.4, 0.5) is 22.0 Å². The third-order valence-corrected chi connectivity index (χ3v) is 9.76. The molecular formula is C32H33F5N2O5S. The highest BCUT2D eigenvalue weighted by Gasteiger charge is 2.36. The number of rotatable bonds is 9. The lowest BCUT2D eigenvalue weighted by atomic mass is 9.79. The van der Waals surface area contributed by atoms with E-state index in [-0.39, 0.29) is 29.4 Å². The molecular weight excluding hydrogens is 619 g/mol. The minimum Gasteiger partial charge on any atom is -0.496 e. The first-order chi connectivity index (χ1) is 21.2. The van der Waals surface area contributed by atoms with E-state index in [1.807, 2.05) is 19.0 Å². The number of alkyl halides is 3. The zero-order chi connectivity index (χ0) is 32.7. The number of sulfonamides is 1. The molecule has 45 heavy (non-hydrogen) atoms. The van der Waals surface area contributed by atoms with Gasteiger partial charge in [0.2, 0.25) is 0 Å². The van der Waals surface area contributed by atoms with Crippen molar-refractivity contribution in [2.75, 3.05) is 21.2 Å². The molecule has 3 aromatic carbocycles. The first-order valence-corrected chi connectivity index (χ1v) is 15.9. The summed E-state index contributed by atoms with van der Waals surface area (Å²) < 4.78 is 109. The average Bonchev–Trinajstić information content (AvgIpc) is 3.82. The molecule has 1 N–H and O–H groups in total. The zero-order valence-electron chi connectivity index (χ0n) is 24.8. The minimum atomic E-state index is -4.73. The molecule has 0 spiro atoms. The molecule has 7 nitrogen and oxygen atoms in total. The predicted molar refractivity (Wildman–Crippen MR) is 156 cm³/mol. The van der Waals surface area contributed by atoms with E-state index >= 15 is 4.39 Å². The van der Waals surface area contributed by atoms with Gasteiger partial charge in [-0.2, -0.15) is 13.2 Å². The molecule has 0 radical (unpaired) electrons. The average molecular weight is 653 g/mol. The van der Waals surface area contributed by atoms with E-state index in [0.717, 1.165) is 37.1 Å². The monoisotopic (exact) mass is 652 g/mol. The van der Waals surface area contributed by atoms with Crippen LogP contribution in [0.5, 0.6) is 11.5 Å². The van der Waals surface area contributed by atoms with Gasteiger partial charge in [0.15, 0.2) is 0 Å². The Balaban J connectivity index is 1.29. The third-order valence-electron chi connectivity index (χ3n) is 8.39. The number of ether oxygens (including phenoxy) is 2. The van der Waals surface area contributed by atoms with E-state index < -0.39 is 55.9 Å². The maximum atomic E-state index is 15.2. The van der Waals surface area contributed by atoms with E-state index in [2.05, 4.69) is 0 Å². The van der Waals surface area contributed by atoms with Crippen molar-refractivity contribution in [1.82, 2.24) is 9.62 Å². The normalized spacial score (nSPS) is 20.6. The topological polar surface area (TPSA) is 84.9 Å². The van der Waals surface area contributed by atoms with Crippen LogP contribution in [0.1, 0.15) is 71.0 Å². The minimum absolute atomic E-state index is 0.0439. The first-order valence-electron chi connectivity index (χ1n) is 14.4. The summed E-state index contributed by atoms with van der Waals surface area (Å²) in [5.74, 6) is -3.17. The molecule has 0 unspecified atom stereocenters. The molecule has 0 saturated heterocycles. The number of benzene rings is 3. The number of hydrogen-bond acceptors (Lipinski definition) is 6. The Kier molecular flexibility index (Phi) is 9.14. The van der Waals surface area contributed by atoms with Crippen LogP contribution in [-0.4, -0.2) is 52.6 Å². The zero-order valence-corrected chi connectivity index (χ0v) is 25.6. The van der Waals surface area contributed by atoms with E-state index in [1.54, 1.807) is 10.8 Å². The van der Waals surface area contributed by atoms with Crippen LogP contribution in [0.2, 0.25) is 0 Å². The number of nitrogens with one attached hydrogen (secondary N) is 1. The predicted octanol–water partition coefficient (Wildman–Crippen LogP) is 6.63. The van der Waals surface area contributed by atoms with Gasteiger partial charge in [0.1, 0.15) is 34.1 Å². The van der Waals surface area contributed by atoms with Gasteiger partial charge < -0.3 is 14.4 Å². The second-order valence-corrected chi connectivity index (χ2v) is 13.3. The highest BCUT2D eigenvalue weighted by atomic mass is 32.2. The third kappa shape index (κ3) is 7.25. The molecule has 2 aliphatic rings. The van der Waals surface area contributed by atoms with Crippen molar-refractivity contribution in [3.8, 4) is 11.5 Å². The fraction of sp³-hybridized carbons (Fsp3) is 0.406. The molecule has 1 amide bonds. The number of nitrogens with zero attached hydrogens (tertiary/aromatic N) is 1. The van der Waals surface area contributed by atoms with Crippen LogP contribution in [-0.2, 0) is 16.2 Å². The van der Waals surface area contributed by atoms with Gasteiger partial charge in [-0.1, -0.05) is 18.2 Å². The van der Waals surface area contributed by atoms with Gasteiger partial charge in [0.05, 0.1) is 18.2 Å². The van der Waals surface area contributed by atoms with Crippen LogP contribution in [0.25, 0.3) is 0 Å². The summed E-state index contributed by atoms with van der Waals surface area (Å²) in [6, 6.07) is 10.4. The maximum Gasteiger partial charge on any atom is 0.416 e. The van der Waals surface area contributed by atoms with Crippen LogP contribution >= 0.6 is 0 Å². The lowest BCUT2D eigenvalue weighted by Gasteiger charge is -2.40. The second-order valence-electron chi connectivity index (χ2n) is 11.7. The number of halogens is 5.